The van der Waals surface area contributed by atoms with Crippen molar-refractivity contribution in [3.05, 3.63) is 59.8 Å². The summed E-state index contributed by atoms with van der Waals surface area (Å²) in [5, 5.41) is 0. The van der Waals surface area contributed by atoms with Crippen molar-refractivity contribution in [3.8, 4) is 0 Å². The number of nitrogens with zero attached hydrogens (tertiary/aromatic N) is 1. The lowest BCUT2D eigenvalue weighted by Gasteiger charge is -2.28. The molecule has 104 valence electrons. The van der Waals surface area contributed by atoms with Crippen molar-refractivity contribution >= 4 is 5.82 Å². The summed E-state index contributed by atoms with van der Waals surface area (Å²) < 4.78 is 0. The van der Waals surface area contributed by atoms with Crippen molar-refractivity contribution in [2.45, 2.75) is 13.5 Å². The van der Waals surface area contributed by atoms with Crippen LogP contribution in [0.2, 0.25) is 0 Å². The van der Waals surface area contributed by atoms with Crippen molar-refractivity contribution in [2.24, 2.45) is 0 Å². The number of anilines is 1. The maximum absolute atomic E-state index is 3.33. The SMILES string of the molecule is Cc1ccccc1C[NH+]1CCN(c2cccc[nH+]2)CC1. The molecule has 2 aromatic rings. The molecule has 0 saturated carbocycles. The first-order chi connectivity index (χ1) is 9.83. The Hall–Kier alpha value is -1.87. The number of aromatic nitrogens is 1. The van der Waals surface area contributed by atoms with Crippen LogP contribution in [0.25, 0.3) is 0 Å². The summed E-state index contributed by atoms with van der Waals surface area (Å²) in [6.45, 7) is 8.03. The number of pyridine rings is 1. The van der Waals surface area contributed by atoms with Gasteiger partial charge in [0.05, 0.1) is 6.20 Å². The fourth-order valence-corrected chi connectivity index (χ4v) is 2.90. The van der Waals surface area contributed by atoms with Crippen molar-refractivity contribution in [1.29, 1.82) is 0 Å². The standard InChI is InChI=1S/C17H21N3/c1-15-6-2-3-7-16(15)14-19-10-12-20(13-11-19)17-8-4-5-9-18-17/h2-9H,10-14H2,1H3/p+2. The minimum atomic E-state index is 1.13. The quantitative estimate of drug-likeness (QED) is 0.871. The zero-order chi connectivity index (χ0) is 13.8. The molecular weight excluding hydrogens is 246 g/mol. The van der Waals surface area contributed by atoms with E-state index in [0.717, 1.165) is 19.6 Å². The second-order valence-corrected chi connectivity index (χ2v) is 5.59. The molecule has 1 aliphatic rings. The lowest BCUT2D eigenvalue weighted by atomic mass is 10.1. The van der Waals surface area contributed by atoms with E-state index in [2.05, 4.69) is 53.2 Å². The summed E-state index contributed by atoms with van der Waals surface area (Å²) in [5.41, 5.74) is 2.90. The number of nitrogens with one attached hydrogen (secondary N) is 2. The van der Waals surface area contributed by atoms with Gasteiger partial charge < -0.3 is 4.90 Å². The fraction of sp³-hybridized carbons (Fsp3) is 0.353. The second kappa shape index (κ2) is 6.06. The first-order valence-corrected chi connectivity index (χ1v) is 7.42. The third-order valence-electron chi connectivity index (χ3n) is 4.21. The molecule has 3 rings (SSSR count). The van der Waals surface area contributed by atoms with Gasteiger partial charge in [-0.3, -0.25) is 4.90 Å². The molecule has 2 N–H and O–H groups in total. The van der Waals surface area contributed by atoms with Crippen LogP contribution in [-0.4, -0.2) is 26.2 Å². The van der Waals surface area contributed by atoms with E-state index in [1.807, 2.05) is 12.3 Å². The lowest BCUT2D eigenvalue weighted by Crippen LogP contribution is -3.13. The smallest absolute Gasteiger partial charge is 0.274 e. The molecule has 2 heterocycles. The van der Waals surface area contributed by atoms with Crippen LogP contribution in [0, 0.1) is 6.92 Å². The van der Waals surface area contributed by atoms with Gasteiger partial charge in [0.15, 0.2) is 0 Å². The van der Waals surface area contributed by atoms with E-state index in [-0.39, 0.29) is 0 Å². The highest BCUT2D eigenvalue weighted by Crippen LogP contribution is 2.07. The van der Waals surface area contributed by atoms with Gasteiger partial charge in [-0.25, -0.2) is 4.98 Å². The third-order valence-corrected chi connectivity index (χ3v) is 4.21. The second-order valence-electron chi connectivity index (χ2n) is 5.59. The number of rotatable bonds is 3. The number of hydrogen-bond acceptors (Lipinski definition) is 1. The van der Waals surface area contributed by atoms with Gasteiger partial charge in [0, 0.05) is 11.6 Å². The van der Waals surface area contributed by atoms with E-state index >= 15 is 0 Å². The van der Waals surface area contributed by atoms with Gasteiger partial charge in [-0.05, 0) is 18.6 Å². The molecule has 0 bridgehead atoms. The van der Waals surface area contributed by atoms with Crippen LogP contribution in [0.4, 0.5) is 5.82 Å². The minimum Gasteiger partial charge on any atom is -0.325 e. The van der Waals surface area contributed by atoms with Crippen molar-refractivity contribution in [3.63, 3.8) is 0 Å². The number of aryl methyl sites for hydroxylation is 1. The lowest BCUT2D eigenvalue weighted by molar-refractivity contribution is -0.914. The molecule has 0 radical (unpaired) electrons. The molecule has 0 unspecified atom stereocenters. The first kappa shape index (κ1) is 13.1. The fourth-order valence-electron chi connectivity index (χ4n) is 2.90. The van der Waals surface area contributed by atoms with E-state index in [9.17, 15) is 0 Å². The minimum absolute atomic E-state index is 1.13. The maximum atomic E-state index is 3.33. The number of piperazine rings is 1. The van der Waals surface area contributed by atoms with E-state index in [4.69, 9.17) is 0 Å². The monoisotopic (exact) mass is 269 g/mol. The van der Waals surface area contributed by atoms with Crippen molar-refractivity contribution in [1.82, 2.24) is 0 Å². The van der Waals surface area contributed by atoms with Gasteiger partial charge in [0.2, 0.25) is 0 Å². The van der Waals surface area contributed by atoms with Crippen molar-refractivity contribution < 1.29 is 9.88 Å². The summed E-state index contributed by atoms with van der Waals surface area (Å²) in [6, 6.07) is 15.0. The van der Waals surface area contributed by atoms with Crippen LogP contribution >= 0.6 is 0 Å². The number of benzene rings is 1. The van der Waals surface area contributed by atoms with Crippen LogP contribution in [0.1, 0.15) is 11.1 Å². The topological polar surface area (TPSA) is 21.8 Å². The van der Waals surface area contributed by atoms with E-state index in [0.29, 0.717) is 0 Å². The molecule has 1 aromatic carbocycles. The molecule has 0 aliphatic carbocycles. The highest BCUT2D eigenvalue weighted by atomic mass is 15.3. The van der Waals surface area contributed by atoms with Crippen LogP contribution in [-0.2, 0) is 6.54 Å². The largest absolute Gasteiger partial charge is 0.325 e. The number of quaternary nitrogens is 1. The van der Waals surface area contributed by atoms with Crippen LogP contribution in [0.5, 0.6) is 0 Å². The molecule has 20 heavy (non-hydrogen) atoms. The summed E-state index contributed by atoms with van der Waals surface area (Å²) >= 11 is 0. The van der Waals surface area contributed by atoms with E-state index in [1.54, 1.807) is 4.90 Å². The average Bonchev–Trinajstić information content (AvgIpc) is 2.51. The number of hydrogen-bond donors (Lipinski definition) is 1. The zero-order valence-corrected chi connectivity index (χ0v) is 12.1. The predicted molar refractivity (Wildman–Crippen MR) is 80.8 cm³/mol. The van der Waals surface area contributed by atoms with Crippen LogP contribution in [0.15, 0.2) is 48.7 Å². The van der Waals surface area contributed by atoms with Gasteiger partial charge in [0.25, 0.3) is 5.82 Å². The van der Waals surface area contributed by atoms with Gasteiger partial charge in [-0.15, -0.1) is 0 Å². The highest BCUT2D eigenvalue weighted by molar-refractivity contribution is 5.32. The molecule has 3 nitrogen and oxygen atoms in total. The Morgan fingerprint density at radius 1 is 1.05 bits per heavy atom. The zero-order valence-electron chi connectivity index (χ0n) is 12.1. The van der Waals surface area contributed by atoms with Crippen molar-refractivity contribution in [2.75, 3.05) is 31.1 Å². The Morgan fingerprint density at radius 2 is 1.80 bits per heavy atom. The summed E-state index contributed by atoms with van der Waals surface area (Å²) in [5.74, 6) is 1.24. The Kier molecular flexibility index (Phi) is 3.97. The molecule has 0 spiro atoms. The van der Waals surface area contributed by atoms with E-state index < -0.39 is 0 Å². The Labute approximate surface area is 120 Å². The van der Waals surface area contributed by atoms with E-state index in [1.165, 1.54) is 30.0 Å². The van der Waals surface area contributed by atoms with Gasteiger partial charge in [0.1, 0.15) is 32.7 Å². The average molecular weight is 269 g/mol. The number of aromatic amines is 1. The predicted octanol–water partition coefficient (Wildman–Crippen LogP) is 0.714. The van der Waals surface area contributed by atoms with Crippen LogP contribution < -0.4 is 14.8 Å². The van der Waals surface area contributed by atoms with Gasteiger partial charge >= 0.3 is 0 Å². The Balaban J connectivity index is 1.58. The maximum Gasteiger partial charge on any atom is 0.274 e. The summed E-state index contributed by atoms with van der Waals surface area (Å²) in [6.07, 6.45) is 2.00. The molecule has 3 heteroatoms. The Morgan fingerprint density at radius 3 is 2.50 bits per heavy atom. The molecule has 1 saturated heterocycles. The number of H-pyrrole nitrogens is 1. The molecule has 0 atom stereocenters. The molecule has 1 aliphatic heterocycles. The van der Waals surface area contributed by atoms with Gasteiger partial charge in [-0.1, -0.05) is 30.3 Å². The summed E-state index contributed by atoms with van der Waals surface area (Å²) in [7, 11) is 0. The normalized spacial score (nSPS) is 16.4. The Bertz CT molecular complexity index is 545. The molecular formula is C17H23N3+2. The summed E-state index contributed by atoms with van der Waals surface area (Å²) in [4.78, 5) is 7.46. The highest BCUT2D eigenvalue weighted by Gasteiger charge is 2.25. The third kappa shape index (κ3) is 2.99. The molecule has 1 fully saturated rings. The molecule has 0 amide bonds. The molecule has 1 aromatic heterocycles. The van der Waals surface area contributed by atoms with Gasteiger partial charge in [-0.2, -0.15) is 0 Å². The van der Waals surface area contributed by atoms with Crippen LogP contribution in [0.3, 0.4) is 0 Å². The first-order valence-electron chi connectivity index (χ1n) is 7.42.